The maximum absolute atomic E-state index is 12.0. The van der Waals surface area contributed by atoms with Crippen molar-refractivity contribution in [3.8, 4) is 0 Å². The number of nitrogens with one attached hydrogen (secondary N) is 1. The summed E-state index contributed by atoms with van der Waals surface area (Å²) in [6, 6.07) is 8.08. The average Bonchev–Trinajstić information content (AvgIpc) is 3.01. The van der Waals surface area contributed by atoms with E-state index >= 15 is 0 Å². The van der Waals surface area contributed by atoms with Crippen LogP contribution in [-0.2, 0) is 4.79 Å². The van der Waals surface area contributed by atoms with Gasteiger partial charge in [-0.2, -0.15) is 0 Å². The maximum Gasteiger partial charge on any atom is 0.328 e. The Bertz CT molecular complexity index is 788. The number of aromatic nitrogens is 1. The Morgan fingerprint density at radius 1 is 1.27 bits per heavy atom. The van der Waals surface area contributed by atoms with Gasteiger partial charge in [-0.1, -0.05) is 25.1 Å². The highest BCUT2D eigenvalue weighted by Gasteiger charge is 2.30. The van der Waals surface area contributed by atoms with Crippen LogP contribution in [0.25, 0.3) is 17.0 Å². The molecule has 0 saturated carbocycles. The van der Waals surface area contributed by atoms with Gasteiger partial charge < -0.3 is 9.88 Å². The molecule has 5 nitrogen and oxygen atoms in total. The summed E-state index contributed by atoms with van der Waals surface area (Å²) < 4.78 is 2.21. The molecule has 1 aromatic heterocycles. The summed E-state index contributed by atoms with van der Waals surface area (Å²) in [5.74, 6) is -0.301. The minimum Gasteiger partial charge on any atom is -0.344 e. The Balaban J connectivity index is 2.12. The third-order valence-corrected chi connectivity index (χ3v) is 4.22. The first-order chi connectivity index (χ1) is 10.5. The first-order valence-corrected chi connectivity index (χ1v) is 7.43. The number of carbonyl (C=O) groups excluding carboxylic acids is 2. The SMILES string of the molecule is CC[C@@H](C)n1cc(/C=C2/NC(=O)N(C)C2=O)c2ccccc21. The molecule has 114 valence electrons. The Morgan fingerprint density at radius 2 is 2.00 bits per heavy atom. The number of amides is 3. The smallest absolute Gasteiger partial charge is 0.328 e. The van der Waals surface area contributed by atoms with Gasteiger partial charge in [-0.15, -0.1) is 0 Å². The summed E-state index contributed by atoms with van der Waals surface area (Å²) in [5, 5.41) is 3.68. The lowest BCUT2D eigenvalue weighted by Crippen LogP contribution is -2.25. The number of carbonyl (C=O) groups is 2. The monoisotopic (exact) mass is 297 g/mol. The largest absolute Gasteiger partial charge is 0.344 e. The van der Waals surface area contributed by atoms with Crippen LogP contribution in [-0.4, -0.2) is 28.5 Å². The molecule has 1 aliphatic heterocycles. The molecule has 5 heteroatoms. The van der Waals surface area contributed by atoms with Crippen LogP contribution in [0.2, 0.25) is 0 Å². The van der Waals surface area contributed by atoms with Crippen LogP contribution in [0.3, 0.4) is 0 Å². The lowest BCUT2D eigenvalue weighted by Gasteiger charge is -2.12. The minimum absolute atomic E-state index is 0.301. The van der Waals surface area contributed by atoms with Gasteiger partial charge >= 0.3 is 6.03 Å². The summed E-state index contributed by atoms with van der Waals surface area (Å²) in [6.45, 7) is 4.31. The van der Waals surface area contributed by atoms with Gasteiger partial charge in [0.1, 0.15) is 5.70 Å². The standard InChI is InChI=1S/C17H19N3O2/c1-4-11(2)20-10-12(13-7-5-6-8-15(13)20)9-14-16(21)19(3)17(22)18-14/h5-11H,4H2,1-3H3,(H,18,22)/b14-9+/t11-/m1/s1. The van der Waals surface area contributed by atoms with Crippen LogP contribution >= 0.6 is 0 Å². The van der Waals surface area contributed by atoms with Crippen LogP contribution < -0.4 is 5.32 Å². The summed E-state index contributed by atoms with van der Waals surface area (Å²) in [7, 11) is 1.47. The molecule has 3 amide bonds. The van der Waals surface area contributed by atoms with E-state index in [4.69, 9.17) is 0 Å². The molecule has 3 rings (SSSR count). The number of hydrogen-bond acceptors (Lipinski definition) is 2. The fourth-order valence-electron chi connectivity index (χ4n) is 2.69. The predicted octanol–water partition coefficient (Wildman–Crippen LogP) is 3.13. The quantitative estimate of drug-likeness (QED) is 0.699. The number of fused-ring (bicyclic) bond motifs is 1. The van der Waals surface area contributed by atoms with Crippen LogP contribution in [0.15, 0.2) is 36.2 Å². The molecule has 1 N–H and O–H groups in total. The van der Waals surface area contributed by atoms with Crippen molar-refractivity contribution >= 4 is 28.9 Å². The molecule has 0 unspecified atom stereocenters. The third-order valence-electron chi connectivity index (χ3n) is 4.22. The van der Waals surface area contributed by atoms with Crippen LogP contribution in [0.4, 0.5) is 4.79 Å². The van der Waals surface area contributed by atoms with E-state index in [1.165, 1.54) is 7.05 Å². The van der Waals surface area contributed by atoms with E-state index in [-0.39, 0.29) is 11.9 Å². The molecular formula is C17H19N3O2. The van der Waals surface area contributed by atoms with E-state index in [0.29, 0.717) is 11.7 Å². The number of para-hydroxylation sites is 1. The highest BCUT2D eigenvalue weighted by Crippen LogP contribution is 2.28. The lowest BCUT2D eigenvalue weighted by molar-refractivity contribution is -0.121. The van der Waals surface area contributed by atoms with Gasteiger partial charge in [0.05, 0.1) is 0 Å². The number of likely N-dealkylation sites (N-methyl/N-ethyl adjacent to an activating group) is 1. The zero-order chi connectivity index (χ0) is 15.9. The second-order valence-corrected chi connectivity index (χ2v) is 5.62. The molecule has 2 aromatic rings. The normalized spacial score (nSPS) is 18.3. The van der Waals surface area contributed by atoms with Crippen molar-refractivity contribution in [2.75, 3.05) is 7.05 Å². The average molecular weight is 297 g/mol. The zero-order valence-corrected chi connectivity index (χ0v) is 13.0. The van der Waals surface area contributed by atoms with Gasteiger partial charge in [-0.3, -0.25) is 9.69 Å². The van der Waals surface area contributed by atoms with E-state index in [1.54, 1.807) is 6.08 Å². The van der Waals surface area contributed by atoms with Crippen molar-refractivity contribution in [1.29, 1.82) is 0 Å². The molecule has 1 aliphatic rings. The summed E-state index contributed by atoms with van der Waals surface area (Å²) in [4.78, 5) is 24.7. The van der Waals surface area contributed by atoms with Crippen molar-refractivity contribution in [3.63, 3.8) is 0 Å². The molecule has 22 heavy (non-hydrogen) atoms. The highest BCUT2D eigenvalue weighted by molar-refractivity contribution is 6.14. The van der Waals surface area contributed by atoms with Crippen LogP contribution in [0.1, 0.15) is 31.9 Å². The lowest BCUT2D eigenvalue weighted by atomic mass is 10.1. The fourth-order valence-corrected chi connectivity index (χ4v) is 2.69. The van der Waals surface area contributed by atoms with E-state index in [2.05, 4.69) is 29.8 Å². The van der Waals surface area contributed by atoms with Gasteiger partial charge in [0.15, 0.2) is 0 Å². The third kappa shape index (κ3) is 2.19. The predicted molar refractivity (Wildman–Crippen MR) is 86.2 cm³/mol. The van der Waals surface area contributed by atoms with Crippen molar-refractivity contribution < 1.29 is 9.59 Å². The zero-order valence-electron chi connectivity index (χ0n) is 13.0. The maximum atomic E-state index is 12.0. The first-order valence-electron chi connectivity index (χ1n) is 7.43. The second-order valence-electron chi connectivity index (χ2n) is 5.62. The Hall–Kier alpha value is -2.56. The van der Waals surface area contributed by atoms with Gasteiger partial charge in [0.25, 0.3) is 5.91 Å². The minimum atomic E-state index is -0.387. The van der Waals surface area contributed by atoms with Crippen molar-refractivity contribution in [2.45, 2.75) is 26.3 Å². The summed E-state index contributed by atoms with van der Waals surface area (Å²) in [6.07, 6.45) is 4.82. The van der Waals surface area contributed by atoms with Gasteiger partial charge in [0.2, 0.25) is 0 Å². The molecule has 1 aromatic carbocycles. The molecule has 0 aliphatic carbocycles. The van der Waals surface area contributed by atoms with Crippen LogP contribution in [0.5, 0.6) is 0 Å². The molecular weight excluding hydrogens is 278 g/mol. The Labute approximate surface area is 129 Å². The van der Waals surface area contributed by atoms with Crippen molar-refractivity contribution in [3.05, 3.63) is 41.7 Å². The molecule has 1 atom stereocenters. The van der Waals surface area contributed by atoms with E-state index in [1.807, 2.05) is 24.4 Å². The van der Waals surface area contributed by atoms with E-state index in [9.17, 15) is 9.59 Å². The number of urea groups is 1. The highest BCUT2D eigenvalue weighted by atomic mass is 16.2. The molecule has 0 radical (unpaired) electrons. The number of nitrogens with zero attached hydrogens (tertiary/aromatic N) is 2. The molecule has 0 bridgehead atoms. The molecule has 1 saturated heterocycles. The number of imide groups is 1. The molecule has 2 heterocycles. The van der Waals surface area contributed by atoms with E-state index < -0.39 is 0 Å². The molecule has 1 fully saturated rings. The summed E-state index contributed by atoms with van der Waals surface area (Å²) >= 11 is 0. The van der Waals surface area contributed by atoms with Crippen LogP contribution in [0, 0.1) is 0 Å². The summed E-state index contributed by atoms with van der Waals surface area (Å²) in [5.41, 5.74) is 2.39. The van der Waals surface area contributed by atoms with Crippen molar-refractivity contribution in [1.82, 2.24) is 14.8 Å². The van der Waals surface area contributed by atoms with Gasteiger partial charge in [0, 0.05) is 35.8 Å². The number of benzene rings is 1. The first kappa shape index (κ1) is 14.4. The second kappa shape index (κ2) is 5.33. The van der Waals surface area contributed by atoms with Crippen molar-refractivity contribution in [2.24, 2.45) is 0 Å². The number of rotatable bonds is 3. The fraction of sp³-hybridized carbons (Fsp3) is 0.294. The number of hydrogen-bond donors (Lipinski definition) is 1. The Kier molecular flexibility index (Phi) is 3.48. The van der Waals surface area contributed by atoms with Gasteiger partial charge in [-0.25, -0.2) is 4.79 Å². The van der Waals surface area contributed by atoms with E-state index in [0.717, 1.165) is 27.8 Å². The molecule has 0 spiro atoms. The topological polar surface area (TPSA) is 54.3 Å². The van der Waals surface area contributed by atoms with Gasteiger partial charge in [-0.05, 0) is 25.5 Å². The Morgan fingerprint density at radius 3 is 2.64 bits per heavy atom.